The van der Waals surface area contributed by atoms with E-state index in [1.165, 1.54) is 0 Å². The number of rotatable bonds is 3. The summed E-state index contributed by atoms with van der Waals surface area (Å²) in [5.41, 5.74) is 6.84. The largest absolute Gasteiger partial charge is 0.385 e. The lowest BCUT2D eigenvalue weighted by Crippen LogP contribution is -2.45. The summed E-state index contributed by atoms with van der Waals surface area (Å²) in [6, 6.07) is 11.3. The maximum atomic E-state index is 12.8. The van der Waals surface area contributed by atoms with Gasteiger partial charge in [-0.25, -0.2) is 9.97 Å². The van der Waals surface area contributed by atoms with Gasteiger partial charge < -0.3 is 15.7 Å². The Morgan fingerprint density at radius 3 is 2.44 bits per heavy atom. The van der Waals surface area contributed by atoms with Gasteiger partial charge in [-0.15, -0.1) is 0 Å². The molecule has 1 fully saturated rings. The molecule has 0 aliphatic carbocycles. The molecule has 132 valence electrons. The van der Waals surface area contributed by atoms with Gasteiger partial charge in [-0.3, -0.25) is 4.79 Å². The quantitative estimate of drug-likeness (QED) is 0.894. The van der Waals surface area contributed by atoms with Gasteiger partial charge in [-0.2, -0.15) is 0 Å². The second-order valence-electron chi connectivity index (χ2n) is 6.88. The van der Waals surface area contributed by atoms with Crippen molar-refractivity contribution < 1.29 is 9.90 Å². The lowest BCUT2D eigenvalue weighted by Gasteiger charge is -2.38. The van der Waals surface area contributed by atoms with E-state index in [4.69, 9.17) is 5.73 Å². The molecule has 1 aliphatic heterocycles. The van der Waals surface area contributed by atoms with Crippen LogP contribution in [0.15, 0.2) is 36.4 Å². The van der Waals surface area contributed by atoms with Gasteiger partial charge >= 0.3 is 0 Å². The number of hydrogen-bond acceptors (Lipinski definition) is 5. The van der Waals surface area contributed by atoms with Crippen LogP contribution in [0, 0.1) is 0 Å². The van der Waals surface area contributed by atoms with Crippen LogP contribution in [0.2, 0.25) is 0 Å². The highest BCUT2D eigenvalue weighted by atomic mass is 16.3. The highest BCUT2D eigenvalue weighted by Crippen LogP contribution is 2.33. The first-order valence-corrected chi connectivity index (χ1v) is 8.61. The van der Waals surface area contributed by atoms with E-state index in [0.29, 0.717) is 31.6 Å². The molecule has 0 saturated carbocycles. The van der Waals surface area contributed by atoms with Crippen LogP contribution in [-0.4, -0.2) is 39.0 Å². The summed E-state index contributed by atoms with van der Waals surface area (Å²) in [5.74, 6) is 0.125. The number of likely N-dealkylation sites (tertiary alicyclic amines) is 1. The molecule has 0 spiro atoms. The molecular weight excluding hydrogens is 316 g/mol. The average Bonchev–Trinajstić information content (AvgIpc) is 2.62. The van der Waals surface area contributed by atoms with E-state index in [9.17, 15) is 9.90 Å². The first kappa shape index (κ1) is 17.4. The van der Waals surface area contributed by atoms with E-state index in [0.717, 1.165) is 11.3 Å². The van der Waals surface area contributed by atoms with Crippen molar-refractivity contribution in [2.24, 2.45) is 0 Å². The molecular formula is C19H24N4O2. The van der Waals surface area contributed by atoms with Crippen LogP contribution in [0.1, 0.15) is 54.4 Å². The monoisotopic (exact) mass is 340 g/mol. The number of nitrogens with two attached hydrogens (primary N) is 1. The Kier molecular flexibility index (Phi) is 4.72. The predicted molar refractivity (Wildman–Crippen MR) is 96.0 cm³/mol. The number of anilines is 1. The number of nitrogens with zero attached hydrogens (tertiary/aromatic N) is 3. The molecule has 1 aromatic heterocycles. The summed E-state index contributed by atoms with van der Waals surface area (Å²) in [7, 11) is 0. The average molecular weight is 340 g/mol. The lowest BCUT2D eigenvalue weighted by atomic mass is 9.84. The molecule has 6 heteroatoms. The molecule has 1 aliphatic rings. The summed E-state index contributed by atoms with van der Waals surface area (Å²) in [4.78, 5) is 22.8. The number of carbonyl (C=O) groups excluding carboxylic acids is 1. The number of amides is 1. The third-order valence-corrected chi connectivity index (χ3v) is 4.76. The Morgan fingerprint density at radius 2 is 1.84 bits per heavy atom. The Morgan fingerprint density at radius 1 is 1.20 bits per heavy atom. The Balaban J connectivity index is 1.74. The molecule has 0 atom stereocenters. The molecule has 0 radical (unpaired) electrons. The molecule has 2 heterocycles. The molecule has 3 N–H and O–H groups in total. The zero-order chi connectivity index (χ0) is 18.0. The third kappa shape index (κ3) is 3.64. The fourth-order valence-corrected chi connectivity index (χ4v) is 3.17. The molecule has 6 nitrogen and oxygen atoms in total. The standard InChI is InChI=1S/C19H24N4O2/c1-13(2)15-12-16(22-18(20)21-15)17(24)23-10-8-19(25,9-11-23)14-6-4-3-5-7-14/h3-7,12-13,25H,8-11H2,1-2H3,(H2,20,21,22). The van der Waals surface area contributed by atoms with Crippen LogP contribution < -0.4 is 5.73 Å². The minimum absolute atomic E-state index is 0.118. The number of aliphatic hydroxyl groups is 1. The number of piperidine rings is 1. The molecule has 0 unspecified atom stereocenters. The van der Waals surface area contributed by atoms with E-state index in [1.54, 1.807) is 11.0 Å². The van der Waals surface area contributed by atoms with Crippen LogP contribution in [0.25, 0.3) is 0 Å². The maximum absolute atomic E-state index is 12.8. The number of carbonyl (C=O) groups is 1. The van der Waals surface area contributed by atoms with Gasteiger partial charge in [0, 0.05) is 18.8 Å². The molecule has 1 aromatic carbocycles. The minimum Gasteiger partial charge on any atom is -0.385 e. The van der Waals surface area contributed by atoms with E-state index >= 15 is 0 Å². The molecule has 0 bridgehead atoms. The van der Waals surface area contributed by atoms with Crippen molar-refractivity contribution in [1.29, 1.82) is 0 Å². The molecule has 3 rings (SSSR count). The van der Waals surface area contributed by atoms with Crippen molar-refractivity contribution >= 4 is 11.9 Å². The summed E-state index contributed by atoms with van der Waals surface area (Å²) in [5, 5.41) is 10.9. The van der Waals surface area contributed by atoms with E-state index in [-0.39, 0.29) is 17.8 Å². The Bertz CT molecular complexity index is 753. The first-order valence-electron chi connectivity index (χ1n) is 8.61. The van der Waals surface area contributed by atoms with Gasteiger partial charge in [0.2, 0.25) is 5.95 Å². The topological polar surface area (TPSA) is 92.3 Å². The van der Waals surface area contributed by atoms with Crippen LogP contribution in [-0.2, 0) is 5.60 Å². The van der Waals surface area contributed by atoms with E-state index in [2.05, 4.69) is 9.97 Å². The minimum atomic E-state index is -0.883. The zero-order valence-electron chi connectivity index (χ0n) is 14.6. The lowest BCUT2D eigenvalue weighted by molar-refractivity contribution is -0.0212. The summed E-state index contributed by atoms with van der Waals surface area (Å²) in [6.45, 7) is 4.95. The van der Waals surface area contributed by atoms with Gasteiger partial charge in [0.1, 0.15) is 5.69 Å². The van der Waals surface area contributed by atoms with Gasteiger partial charge in [0.05, 0.1) is 5.60 Å². The van der Waals surface area contributed by atoms with Crippen molar-refractivity contribution in [3.8, 4) is 0 Å². The van der Waals surface area contributed by atoms with E-state index in [1.807, 2.05) is 44.2 Å². The smallest absolute Gasteiger partial charge is 0.272 e. The van der Waals surface area contributed by atoms with Crippen molar-refractivity contribution in [1.82, 2.24) is 14.9 Å². The van der Waals surface area contributed by atoms with Crippen molar-refractivity contribution in [2.45, 2.75) is 38.2 Å². The third-order valence-electron chi connectivity index (χ3n) is 4.76. The fraction of sp³-hybridized carbons (Fsp3) is 0.421. The number of benzene rings is 1. The van der Waals surface area contributed by atoms with Crippen molar-refractivity contribution in [2.75, 3.05) is 18.8 Å². The second-order valence-corrected chi connectivity index (χ2v) is 6.88. The summed E-state index contributed by atoms with van der Waals surface area (Å²) >= 11 is 0. The number of aromatic nitrogens is 2. The number of hydrogen-bond donors (Lipinski definition) is 2. The molecule has 1 amide bonds. The van der Waals surface area contributed by atoms with Gasteiger partial charge in [-0.05, 0) is 30.4 Å². The Labute approximate surface area is 147 Å². The Hall–Kier alpha value is -2.47. The highest BCUT2D eigenvalue weighted by Gasteiger charge is 2.35. The van der Waals surface area contributed by atoms with Crippen LogP contribution >= 0.6 is 0 Å². The second kappa shape index (κ2) is 6.80. The summed E-state index contributed by atoms with van der Waals surface area (Å²) in [6.07, 6.45) is 1.00. The SMILES string of the molecule is CC(C)c1cc(C(=O)N2CCC(O)(c3ccccc3)CC2)nc(N)n1. The molecule has 2 aromatic rings. The maximum Gasteiger partial charge on any atom is 0.272 e. The van der Waals surface area contributed by atoms with Crippen LogP contribution in [0.5, 0.6) is 0 Å². The highest BCUT2D eigenvalue weighted by molar-refractivity contribution is 5.92. The van der Waals surface area contributed by atoms with Crippen LogP contribution in [0.3, 0.4) is 0 Å². The van der Waals surface area contributed by atoms with Crippen molar-refractivity contribution in [3.05, 3.63) is 53.3 Å². The first-order chi connectivity index (χ1) is 11.9. The zero-order valence-corrected chi connectivity index (χ0v) is 14.6. The van der Waals surface area contributed by atoms with E-state index < -0.39 is 5.60 Å². The van der Waals surface area contributed by atoms with Gasteiger partial charge in [0.15, 0.2) is 0 Å². The van der Waals surface area contributed by atoms with Gasteiger partial charge in [0.25, 0.3) is 5.91 Å². The number of nitrogen functional groups attached to an aromatic ring is 1. The predicted octanol–water partition coefficient (Wildman–Crippen LogP) is 2.31. The van der Waals surface area contributed by atoms with Crippen LogP contribution in [0.4, 0.5) is 5.95 Å². The van der Waals surface area contributed by atoms with Gasteiger partial charge in [-0.1, -0.05) is 44.2 Å². The summed E-state index contributed by atoms with van der Waals surface area (Å²) < 4.78 is 0. The normalized spacial score (nSPS) is 16.9. The van der Waals surface area contributed by atoms with Crippen molar-refractivity contribution in [3.63, 3.8) is 0 Å². The molecule has 1 saturated heterocycles. The fourth-order valence-electron chi connectivity index (χ4n) is 3.17. The molecule has 25 heavy (non-hydrogen) atoms.